The molecule has 6 heteroatoms. The highest BCUT2D eigenvalue weighted by atomic mass is 35.5. The van der Waals surface area contributed by atoms with Crippen molar-refractivity contribution in [3.63, 3.8) is 0 Å². The number of aliphatic hydroxyl groups excluding tert-OH is 1. The number of alkyl halides is 2. The first-order chi connectivity index (χ1) is 13.1. The van der Waals surface area contributed by atoms with Crippen LogP contribution in [0.15, 0.2) is 48.5 Å². The molecule has 0 bridgehead atoms. The van der Waals surface area contributed by atoms with E-state index < -0.39 is 24.7 Å². The van der Waals surface area contributed by atoms with E-state index in [-0.39, 0.29) is 5.88 Å². The molecule has 2 aromatic rings. The fourth-order valence-corrected chi connectivity index (χ4v) is 2.99. The van der Waals surface area contributed by atoms with Gasteiger partial charge in [-0.25, -0.2) is 4.39 Å². The van der Waals surface area contributed by atoms with E-state index in [0.29, 0.717) is 11.6 Å². The van der Waals surface area contributed by atoms with Gasteiger partial charge in [-0.2, -0.15) is 0 Å². The molecule has 0 unspecified atom stereocenters. The molecule has 144 valence electrons. The van der Waals surface area contributed by atoms with E-state index in [0.717, 1.165) is 17.7 Å². The van der Waals surface area contributed by atoms with Crippen LogP contribution in [0, 0.1) is 0 Å². The van der Waals surface area contributed by atoms with Crippen molar-refractivity contribution in [2.45, 2.75) is 37.6 Å². The first kappa shape index (κ1) is 19.8. The van der Waals surface area contributed by atoms with Gasteiger partial charge in [0.1, 0.15) is 18.7 Å². The van der Waals surface area contributed by atoms with Crippen LogP contribution in [0.1, 0.15) is 30.1 Å². The lowest BCUT2D eigenvalue weighted by atomic mass is 9.98. The molecule has 3 rings (SSSR count). The molecule has 0 aromatic heterocycles. The van der Waals surface area contributed by atoms with Crippen LogP contribution < -0.4 is 10.6 Å². The van der Waals surface area contributed by atoms with Gasteiger partial charge < -0.3 is 15.7 Å². The van der Waals surface area contributed by atoms with Crippen molar-refractivity contribution in [3.05, 3.63) is 59.7 Å². The number of amides is 1. The van der Waals surface area contributed by atoms with Crippen LogP contribution in [0.5, 0.6) is 0 Å². The van der Waals surface area contributed by atoms with Gasteiger partial charge in [0.25, 0.3) is 0 Å². The SMILES string of the molecule is O=C(CCl)N[C@H](CF)[C@H](O)c1ccc(-c2ccc(CNC3CC3)cc2)cc1. The molecule has 1 aliphatic rings. The normalized spacial score (nSPS) is 16.0. The standard InChI is InChI=1S/C21H24ClFN2O2/c22-11-20(26)25-19(12-23)21(27)17-7-5-16(6-8-17)15-3-1-14(2-4-15)13-24-18-9-10-18/h1-8,18-19,21,24,27H,9-13H2,(H,25,26)/t19-,21-/m1/s1. The zero-order valence-corrected chi connectivity index (χ0v) is 15.8. The molecule has 2 atom stereocenters. The maximum atomic E-state index is 13.2. The zero-order valence-electron chi connectivity index (χ0n) is 15.0. The predicted octanol–water partition coefficient (Wildman–Crippen LogP) is 3.33. The number of rotatable bonds is 9. The largest absolute Gasteiger partial charge is 0.386 e. The topological polar surface area (TPSA) is 61.4 Å². The third-order valence-electron chi connectivity index (χ3n) is 4.73. The minimum Gasteiger partial charge on any atom is -0.386 e. The summed E-state index contributed by atoms with van der Waals surface area (Å²) >= 11 is 5.42. The molecular formula is C21H24ClFN2O2. The lowest BCUT2D eigenvalue weighted by Crippen LogP contribution is -2.41. The molecular weight excluding hydrogens is 367 g/mol. The van der Waals surface area contributed by atoms with Gasteiger partial charge >= 0.3 is 0 Å². The van der Waals surface area contributed by atoms with Crippen LogP contribution in [0.25, 0.3) is 11.1 Å². The second-order valence-electron chi connectivity index (χ2n) is 6.88. The highest BCUT2D eigenvalue weighted by Crippen LogP contribution is 2.25. The minimum atomic E-state index is -1.13. The average molecular weight is 391 g/mol. The highest BCUT2D eigenvalue weighted by Gasteiger charge is 2.22. The second kappa shape index (κ2) is 9.31. The zero-order chi connectivity index (χ0) is 19.2. The predicted molar refractivity (Wildman–Crippen MR) is 105 cm³/mol. The van der Waals surface area contributed by atoms with Crippen molar-refractivity contribution in [2.75, 3.05) is 12.6 Å². The van der Waals surface area contributed by atoms with E-state index in [9.17, 15) is 14.3 Å². The summed E-state index contributed by atoms with van der Waals surface area (Å²) in [5.41, 5.74) is 3.87. The number of hydrogen-bond donors (Lipinski definition) is 3. The van der Waals surface area contributed by atoms with Crippen molar-refractivity contribution in [2.24, 2.45) is 0 Å². The fourth-order valence-electron chi connectivity index (χ4n) is 2.92. The Kier molecular flexibility index (Phi) is 6.83. The van der Waals surface area contributed by atoms with Crippen molar-refractivity contribution < 1.29 is 14.3 Å². The summed E-state index contributed by atoms with van der Waals surface area (Å²) in [5, 5.41) is 16.2. The molecule has 1 saturated carbocycles. The monoisotopic (exact) mass is 390 g/mol. The molecule has 1 fully saturated rings. The van der Waals surface area contributed by atoms with E-state index in [1.54, 1.807) is 12.1 Å². The Bertz CT molecular complexity index is 748. The van der Waals surface area contributed by atoms with Gasteiger partial charge in [-0.15, -0.1) is 11.6 Å². The number of carbonyl (C=O) groups is 1. The van der Waals surface area contributed by atoms with Gasteiger partial charge in [0.05, 0.1) is 6.04 Å². The van der Waals surface area contributed by atoms with Gasteiger partial charge in [0.2, 0.25) is 5.91 Å². The van der Waals surface area contributed by atoms with Gasteiger partial charge in [-0.1, -0.05) is 48.5 Å². The quantitative estimate of drug-likeness (QED) is 0.575. The van der Waals surface area contributed by atoms with Gasteiger partial charge in [0, 0.05) is 12.6 Å². The van der Waals surface area contributed by atoms with Gasteiger partial charge in [0.15, 0.2) is 0 Å². The maximum absolute atomic E-state index is 13.2. The molecule has 27 heavy (non-hydrogen) atoms. The Balaban J connectivity index is 1.64. The van der Waals surface area contributed by atoms with Crippen LogP contribution in [0.4, 0.5) is 4.39 Å². The van der Waals surface area contributed by atoms with Crippen LogP contribution in [-0.4, -0.2) is 35.7 Å². The van der Waals surface area contributed by atoms with E-state index in [2.05, 4.69) is 34.9 Å². The van der Waals surface area contributed by atoms with Crippen LogP contribution in [0.2, 0.25) is 0 Å². The summed E-state index contributed by atoms with van der Waals surface area (Å²) in [6.07, 6.45) is 1.41. The summed E-state index contributed by atoms with van der Waals surface area (Å²) < 4.78 is 13.2. The molecule has 0 spiro atoms. The molecule has 2 aromatic carbocycles. The smallest absolute Gasteiger partial charge is 0.235 e. The summed E-state index contributed by atoms with van der Waals surface area (Å²) in [4.78, 5) is 11.3. The highest BCUT2D eigenvalue weighted by molar-refractivity contribution is 6.27. The number of benzene rings is 2. The molecule has 4 nitrogen and oxygen atoms in total. The second-order valence-corrected chi connectivity index (χ2v) is 7.15. The van der Waals surface area contributed by atoms with Crippen molar-refractivity contribution in [1.29, 1.82) is 0 Å². The molecule has 0 saturated heterocycles. The maximum Gasteiger partial charge on any atom is 0.235 e. The molecule has 0 heterocycles. The molecule has 3 N–H and O–H groups in total. The Labute approximate surface area is 163 Å². The summed E-state index contributed by atoms with van der Waals surface area (Å²) in [5.74, 6) is -0.778. The van der Waals surface area contributed by atoms with Crippen molar-refractivity contribution in [1.82, 2.24) is 10.6 Å². The Morgan fingerprint density at radius 1 is 1.11 bits per heavy atom. The van der Waals surface area contributed by atoms with E-state index >= 15 is 0 Å². The van der Waals surface area contributed by atoms with Crippen molar-refractivity contribution >= 4 is 17.5 Å². The number of aliphatic hydroxyl groups is 1. The molecule has 0 aliphatic heterocycles. The minimum absolute atomic E-state index is 0.270. The lowest BCUT2D eigenvalue weighted by molar-refractivity contribution is -0.120. The fraction of sp³-hybridized carbons (Fsp3) is 0.381. The number of nitrogens with one attached hydrogen (secondary N) is 2. The Hall–Kier alpha value is -1.95. The van der Waals surface area contributed by atoms with Gasteiger partial charge in [-0.05, 0) is 35.1 Å². The average Bonchev–Trinajstić information content (AvgIpc) is 3.55. The summed E-state index contributed by atoms with van der Waals surface area (Å²) in [6.45, 7) is 0.0105. The first-order valence-electron chi connectivity index (χ1n) is 9.12. The summed E-state index contributed by atoms with van der Waals surface area (Å²) in [6, 6.07) is 15.3. The Morgan fingerprint density at radius 3 is 2.22 bits per heavy atom. The van der Waals surface area contributed by atoms with Crippen LogP contribution in [-0.2, 0) is 11.3 Å². The first-order valence-corrected chi connectivity index (χ1v) is 9.66. The van der Waals surface area contributed by atoms with E-state index in [4.69, 9.17) is 11.6 Å². The third-order valence-corrected chi connectivity index (χ3v) is 4.97. The number of hydrogen-bond acceptors (Lipinski definition) is 3. The van der Waals surface area contributed by atoms with Crippen LogP contribution >= 0.6 is 11.6 Å². The third kappa shape index (κ3) is 5.51. The van der Waals surface area contributed by atoms with Gasteiger partial charge in [-0.3, -0.25) is 4.79 Å². The van der Waals surface area contributed by atoms with Crippen molar-refractivity contribution in [3.8, 4) is 11.1 Å². The number of halogens is 2. The molecule has 0 radical (unpaired) electrons. The summed E-state index contributed by atoms with van der Waals surface area (Å²) in [7, 11) is 0. The number of carbonyl (C=O) groups excluding carboxylic acids is 1. The van der Waals surface area contributed by atoms with E-state index in [1.165, 1.54) is 18.4 Å². The van der Waals surface area contributed by atoms with Crippen LogP contribution in [0.3, 0.4) is 0 Å². The molecule has 1 aliphatic carbocycles. The molecule has 1 amide bonds. The van der Waals surface area contributed by atoms with E-state index in [1.807, 2.05) is 12.1 Å². The Morgan fingerprint density at radius 2 is 1.70 bits per heavy atom. The lowest BCUT2D eigenvalue weighted by Gasteiger charge is -2.21.